The van der Waals surface area contributed by atoms with Crippen LogP contribution in [0.1, 0.15) is 18.7 Å². The van der Waals surface area contributed by atoms with E-state index < -0.39 is 5.97 Å². The number of aryl methyl sites for hydroxylation is 2. The van der Waals surface area contributed by atoms with Gasteiger partial charge in [-0.05, 0) is 25.5 Å². The summed E-state index contributed by atoms with van der Waals surface area (Å²) in [5.41, 5.74) is 0.568. The van der Waals surface area contributed by atoms with Crippen molar-refractivity contribution >= 4 is 16.9 Å². The molecule has 94 valence electrons. The van der Waals surface area contributed by atoms with Crippen molar-refractivity contribution in [2.75, 3.05) is 0 Å². The molecule has 5 heteroatoms. The van der Waals surface area contributed by atoms with Crippen LogP contribution >= 0.6 is 0 Å². The summed E-state index contributed by atoms with van der Waals surface area (Å²) >= 11 is 0. The van der Waals surface area contributed by atoms with E-state index in [1.807, 2.05) is 16.7 Å². The molecule has 0 fully saturated rings. The molecule has 0 unspecified atom stereocenters. The normalized spacial score (nSPS) is 10.7. The molecule has 0 atom stereocenters. The lowest BCUT2D eigenvalue weighted by molar-refractivity contribution is -0.137. The molecule has 0 aliphatic heterocycles. The third-order valence-electron chi connectivity index (χ3n) is 2.85. The largest absolute Gasteiger partial charge is 0.481 e. The van der Waals surface area contributed by atoms with E-state index in [1.165, 1.54) is 0 Å². The predicted molar refractivity (Wildman–Crippen MR) is 67.6 cm³/mol. The number of carboxylic acids is 1. The second kappa shape index (κ2) is 5.00. The summed E-state index contributed by atoms with van der Waals surface area (Å²) in [6, 6.07) is 7.24. The van der Waals surface area contributed by atoms with Crippen LogP contribution in [0.25, 0.3) is 10.9 Å². The van der Waals surface area contributed by atoms with Gasteiger partial charge < -0.3 is 9.67 Å². The molecule has 2 aromatic rings. The van der Waals surface area contributed by atoms with Gasteiger partial charge in [0.2, 0.25) is 0 Å². The molecule has 0 aliphatic rings. The summed E-state index contributed by atoms with van der Waals surface area (Å²) in [7, 11) is 0. The highest BCUT2D eigenvalue weighted by atomic mass is 16.4. The SMILES string of the molecule is Cc1nc(=O)c2ccccc2n1CCCC(=O)O. The lowest BCUT2D eigenvalue weighted by Crippen LogP contribution is -2.17. The summed E-state index contributed by atoms with van der Waals surface area (Å²) in [6.07, 6.45) is 0.630. The molecule has 1 N–H and O–H groups in total. The average Bonchev–Trinajstić information content (AvgIpc) is 2.33. The minimum Gasteiger partial charge on any atom is -0.481 e. The highest BCUT2D eigenvalue weighted by molar-refractivity contribution is 5.78. The molecule has 0 spiro atoms. The third kappa shape index (κ3) is 2.40. The summed E-state index contributed by atoms with van der Waals surface area (Å²) in [4.78, 5) is 26.2. The summed E-state index contributed by atoms with van der Waals surface area (Å²) < 4.78 is 1.89. The monoisotopic (exact) mass is 246 g/mol. The minimum atomic E-state index is -0.814. The standard InChI is InChI=1S/C13H14N2O3/c1-9-14-13(18)10-5-2-3-6-11(10)15(9)8-4-7-12(16)17/h2-3,5-6H,4,7-8H2,1H3,(H,16,17). The number of aliphatic carboxylic acids is 1. The smallest absolute Gasteiger partial charge is 0.303 e. The van der Waals surface area contributed by atoms with E-state index in [2.05, 4.69) is 4.98 Å². The van der Waals surface area contributed by atoms with Gasteiger partial charge in [0.15, 0.2) is 0 Å². The van der Waals surface area contributed by atoms with Gasteiger partial charge in [0.1, 0.15) is 5.82 Å². The van der Waals surface area contributed by atoms with Gasteiger partial charge in [-0.25, -0.2) is 0 Å². The maximum absolute atomic E-state index is 11.7. The van der Waals surface area contributed by atoms with Crippen LogP contribution in [-0.2, 0) is 11.3 Å². The van der Waals surface area contributed by atoms with Crippen LogP contribution in [0.4, 0.5) is 0 Å². The Morgan fingerprint density at radius 2 is 2.11 bits per heavy atom. The zero-order chi connectivity index (χ0) is 13.1. The molecule has 2 rings (SSSR count). The van der Waals surface area contributed by atoms with Gasteiger partial charge in [0, 0.05) is 13.0 Å². The number of carbonyl (C=O) groups is 1. The minimum absolute atomic E-state index is 0.111. The number of benzene rings is 1. The molecule has 0 saturated heterocycles. The van der Waals surface area contributed by atoms with E-state index in [0.29, 0.717) is 24.2 Å². The van der Waals surface area contributed by atoms with E-state index in [1.54, 1.807) is 19.1 Å². The zero-order valence-electron chi connectivity index (χ0n) is 10.1. The van der Waals surface area contributed by atoms with Gasteiger partial charge in [-0.15, -0.1) is 0 Å². The number of hydrogen-bond acceptors (Lipinski definition) is 3. The fourth-order valence-electron chi connectivity index (χ4n) is 2.00. The van der Waals surface area contributed by atoms with Crippen LogP contribution < -0.4 is 5.56 Å². The lowest BCUT2D eigenvalue weighted by atomic mass is 10.2. The number of hydrogen-bond donors (Lipinski definition) is 1. The Hall–Kier alpha value is -2.17. The highest BCUT2D eigenvalue weighted by Crippen LogP contribution is 2.12. The van der Waals surface area contributed by atoms with Gasteiger partial charge in [-0.3, -0.25) is 9.59 Å². The van der Waals surface area contributed by atoms with E-state index in [0.717, 1.165) is 5.52 Å². The second-order valence-corrected chi connectivity index (χ2v) is 4.13. The van der Waals surface area contributed by atoms with E-state index in [4.69, 9.17) is 5.11 Å². The molecule has 18 heavy (non-hydrogen) atoms. The molecule has 0 saturated carbocycles. The molecule has 1 heterocycles. The number of aromatic nitrogens is 2. The number of fused-ring (bicyclic) bond motifs is 1. The molecular weight excluding hydrogens is 232 g/mol. The maximum Gasteiger partial charge on any atom is 0.303 e. The lowest BCUT2D eigenvalue weighted by Gasteiger charge is -2.12. The Morgan fingerprint density at radius 1 is 1.39 bits per heavy atom. The topological polar surface area (TPSA) is 72.2 Å². The van der Waals surface area contributed by atoms with Crippen molar-refractivity contribution in [1.29, 1.82) is 0 Å². The Morgan fingerprint density at radius 3 is 2.83 bits per heavy atom. The first kappa shape index (κ1) is 12.3. The van der Waals surface area contributed by atoms with Gasteiger partial charge in [-0.2, -0.15) is 4.98 Å². The summed E-state index contributed by atoms with van der Waals surface area (Å²) in [5, 5.41) is 9.21. The first-order valence-electron chi connectivity index (χ1n) is 5.77. The maximum atomic E-state index is 11.7. The number of carboxylic acid groups (broad SMARTS) is 1. The van der Waals surface area contributed by atoms with E-state index in [-0.39, 0.29) is 12.0 Å². The Kier molecular flexibility index (Phi) is 3.41. The van der Waals surface area contributed by atoms with Crippen LogP contribution in [0, 0.1) is 6.92 Å². The van der Waals surface area contributed by atoms with Gasteiger partial charge in [-0.1, -0.05) is 12.1 Å². The van der Waals surface area contributed by atoms with Crippen molar-refractivity contribution in [3.63, 3.8) is 0 Å². The molecule has 0 bridgehead atoms. The van der Waals surface area contributed by atoms with Crippen LogP contribution in [0.3, 0.4) is 0 Å². The molecule has 1 aromatic heterocycles. The Balaban J connectivity index is 2.43. The van der Waals surface area contributed by atoms with Crippen molar-refractivity contribution in [2.24, 2.45) is 0 Å². The fourth-order valence-corrected chi connectivity index (χ4v) is 2.00. The van der Waals surface area contributed by atoms with Crippen molar-refractivity contribution < 1.29 is 9.90 Å². The number of para-hydroxylation sites is 1. The van der Waals surface area contributed by atoms with Crippen molar-refractivity contribution in [3.05, 3.63) is 40.4 Å². The molecule has 0 amide bonds. The summed E-state index contributed by atoms with van der Waals surface area (Å²) in [5.74, 6) is -0.199. The van der Waals surface area contributed by atoms with Crippen molar-refractivity contribution in [3.8, 4) is 0 Å². The average molecular weight is 246 g/mol. The summed E-state index contributed by atoms with van der Waals surface area (Å²) in [6.45, 7) is 2.31. The number of rotatable bonds is 4. The quantitative estimate of drug-likeness (QED) is 0.888. The first-order chi connectivity index (χ1) is 8.59. The van der Waals surface area contributed by atoms with Crippen molar-refractivity contribution in [2.45, 2.75) is 26.3 Å². The van der Waals surface area contributed by atoms with Crippen LogP contribution in [0.5, 0.6) is 0 Å². The van der Waals surface area contributed by atoms with Crippen LogP contribution in [0.2, 0.25) is 0 Å². The molecule has 1 aromatic carbocycles. The van der Waals surface area contributed by atoms with Crippen molar-refractivity contribution in [1.82, 2.24) is 9.55 Å². The molecule has 0 radical (unpaired) electrons. The molecule has 0 aliphatic carbocycles. The first-order valence-corrected chi connectivity index (χ1v) is 5.77. The predicted octanol–water partition coefficient (Wildman–Crippen LogP) is 1.57. The fraction of sp³-hybridized carbons (Fsp3) is 0.308. The Labute approximate surface area is 104 Å². The second-order valence-electron chi connectivity index (χ2n) is 4.13. The third-order valence-corrected chi connectivity index (χ3v) is 2.85. The highest BCUT2D eigenvalue weighted by Gasteiger charge is 2.07. The van der Waals surface area contributed by atoms with Crippen LogP contribution in [0.15, 0.2) is 29.1 Å². The zero-order valence-corrected chi connectivity index (χ0v) is 10.1. The van der Waals surface area contributed by atoms with Crippen LogP contribution in [-0.4, -0.2) is 20.6 Å². The van der Waals surface area contributed by atoms with Gasteiger partial charge in [0.05, 0.1) is 10.9 Å². The Bertz CT molecular complexity index is 646. The van der Waals surface area contributed by atoms with Gasteiger partial charge >= 0.3 is 5.97 Å². The molecular formula is C13H14N2O3. The molecule has 5 nitrogen and oxygen atoms in total. The number of nitrogens with zero attached hydrogens (tertiary/aromatic N) is 2. The van der Waals surface area contributed by atoms with Gasteiger partial charge in [0.25, 0.3) is 5.56 Å². The van der Waals surface area contributed by atoms with E-state index >= 15 is 0 Å². The van der Waals surface area contributed by atoms with E-state index in [9.17, 15) is 9.59 Å².